The minimum Gasteiger partial charge on any atom is -0.352 e. The molecule has 1 N–H and O–H groups in total. The molecule has 0 radical (unpaired) electrons. The Bertz CT molecular complexity index is 899. The van der Waals surface area contributed by atoms with Crippen molar-refractivity contribution in [2.45, 2.75) is 18.7 Å². The molecule has 140 valence electrons. The molecule has 0 fully saturated rings. The number of nitrogens with one attached hydrogen (secondary N) is 1. The number of anilines is 1. The van der Waals surface area contributed by atoms with Gasteiger partial charge in [-0.1, -0.05) is 25.4 Å². The molecule has 26 heavy (non-hydrogen) atoms. The average molecular weight is 399 g/mol. The molecular formula is C18H20ClFN2O3S. The first-order valence-corrected chi connectivity index (χ1v) is 9.77. The van der Waals surface area contributed by atoms with Crippen LogP contribution in [0.25, 0.3) is 0 Å². The van der Waals surface area contributed by atoms with E-state index < -0.39 is 21.7 Å². The molecule has 0 unspecified atom stereocenters. The molecule has 0 saturated heterocycles. The molecule has 0 aliphatic heterocycles. The van der Waals surface area contributed by atoms with Gasteiger partial charge in [0, 0.05) is 13.6 Å². The van der Waals surface area contributed by atoms with Crippen LogP contribution in [-0.2, 0) is 10.0 Å². The maximum absolute atomic E-state index is 13.1. The van der Waals surface area contributed by atoms with Gasteiger partial charge in [-0.25, -0.2) is 12.8 Å². The summed E-state index contributed by atoms with van der Waals surface area (Å²) in [6, 6.07) is 9.02. The van der Waals surface area contributed by atoms with Crippen molar-refractivity contribution in [3.8, 4) is 0 Å². The maximum Gasteiger partial charge on any atom is 0.264 e. The molecule has 0 bridgehead atoms. The number of sulfonamides is 1. The lowest BCUT2D eigenvalue weighted by Gasteiger charge is -2.20. The highest BCUT2D eigenvalue weighted by Crippen LogP contribution is 2.26. The molecule has 0 aliphatic carbocycles. The van der Waals surface area contributed by atoms with Gasteiger partial charge in [0.15, 0.2) is 0 Å². The van der Waals surface area contributed by atoms with Crippen LogP contribution in [-0.4, -0.2) is 27.9 Å². The van der Waals surface area contributed by atoms with E-state index in [0.717, 1.165) is 4.31 Å². The quantitative estimate of drug-likeness (QED) is 0.806. The highest BCUT2D eigenvalue weighted by atomic mass is 35.5. The van der Waals surface area contributed by atoms with Gasteiger partial charge in [-0.15, -0.1) is 0 Å². The summed E-state index contributed by atoms with van der Waals surface area (Å²) in [7, 11) is -2.58. The van der Waals surface area contributed by atoms with Crippen LogP contribution in [0, 0.1) is 11.7 Å². The van der Waals surface area contributed by atoms with Crippen LogP contribution < -0.4 is 9.62 Å². The average Bonchev–Trinajstić information content (AvgIpc) is 2.59. The number of hydrogen-bond acceptors (Lipinski definition) is 3. The van der Waals surface area contributed by atoms with Gasteiger partial charge in [-0.05, 0) is 48.4 Å². The van der Waals surface area contributed by atoms with Crippen molar-refractivity contribution in [1.29, 1.82) is 0 Å². The zero-order valence-corrected chi connectivity index (χ0v) is 16.2. The van der Waals surface area contributed by atoms with E-state index in [1.54, 1.807) is 0 Å². The van der Waals surface area contributed by atoms with Crippen molar-refractivity contribution < 1.29 is 17.6 Å². The Morgan fingerprint density at radius 2 is 1.81 bits per heavy atom. The van der Waals surface area contributed by atoms with Crippen LogP contribution in [0.2, 0.25) is 5.02 Å². The molecule has 2 aromatic carbocycles. The fourth-order valence-corrected chi connectivity index (χ4v) is 3.60. The second-order valence-electron chi connectivity index (χ2n) is 6.19. The molecule has 0 aromatic heterocycles. The van der Waals surface area contributed by atoms with E-state index in [0.29, 0.717) is 12.2 Å². The SMILES string of the molecule is CC(C)CNC(=O)c1cc(S(=O)(=O)N(C)c2ccc(F)cc2)ccc1Cl. The van der Waals surface area contributed by atoms with Gasteiger partial charge in [-0.2, -0.15) is 0 Å². The third-order valence-electron chi connectivity index (χ3n) is 3.70. The highest BCUT2D eigenvalue weighted by Gasteiger charge is 2.24. The van der Waals surface area contributed by atoms with Gasteiger partial charge in [0.1, 0.15) is 5.82 Å². The van der Waals surface area contributed by atoms with E-state index in [2.05, 4.69) is 5.32 Å². The van der Waals surface area contributed by atoms with Crippen molar-refractivity contribution in [3.63, 3.8) is 0 Å². The zero-order valence-electron chi connectivity index (χ0n) is 14.7. The predicted molar refractivity (Wildman–Crippen MR) is 101 cm³/mol. The molecular weight excluding hydrogens is 379 g/mol. The van der Waals surface area contributed by atoms with Gasteiger partial charge in [0.2, 0.25) is 0 Å². The summed E-state index contributed by atoms with van der Waals surface area (Å²) < 4.78 is 39.7. The van der Waals surface area contributed by atoms with Crippen molar-refractivity contribution in [3.05, 3.63) is 58.9 Å². The van der Waals surface area contributed by atoms with E-state index in [1.165, 1.54) is 49.5 Å². The number of amides is 1. The number of hydrogen-bond donors (Lipinski definition) is 1. The number of nitrogens with zero attached hydrogens (tertiary/aromatic N) is 1. The fraction of sp³-hybridized carbons (Fsp3) is 0.278. The summed E-state index contributed by atoms with van der Waals surface area (Å²) in [6.45, 7) is 4.34. The van der Waals surface area contributed by atoms with Crippen molar-refractivity contribution >= 4 is 33.2 Å². The van der Waals surface area contributed by atoms with E-state index >= 15 is 0 Å². The van der Waals surface area contributed by atoms with E-state index in [1.807, 2.05) is 13.8 Å². The summed E-state index contributed by atoms with van der Waals surface area (Å²) in [5.41, 5.74) is 0.382. The summed E-state index contributed by atoms with van der Waals surface area (Å²) >= 11 is 6.06. The molecule has 8 heteroatoms. The summed E-state index contributed by atoms with van der Waals surface area (Å²) in [4.78, 5) is 12.2. The lowest BCUT2D eigenvalue weighted by atomic mass is 10.2. The number of carbonyl (C=O) groups excluding carboxylic acids is 1. The molecule has 5 nitrogen and oxygen atoms in total. The molecule has 2 rings (SSSR count). The smallest absolute Gasteiger partial charge is 0.264 e. The molecule has 0 spiro atoms. The Morgan fingerprint density at radius 3 is 2.38 bits per heavy atom. The molecule has 0 atom stereocenters. The van der Waals surface area contributed by atoms with Crippen LogP contribution in [0.3, 0.4) is 0 Å². The molecule has 1 amide bonds. The summed E-state index contributed by atoms with van der Waals surface area (Å²) in [5, 5.41) is 2.87. The minimum absolute atomic E-state index is 0.0802. The van der Waals surface area contributed by atoms with Gasteiger partial charge in [0.25, 0.3) is 15.9 Å². The Hall–Kier alpha value is -2.12. The van der Waals surface area contributed by atoms with E-state index in [9.17, 15) is 17.6 Å². The van der Waals surface area contributed by atoms with Crippen molar-refractivity contribution in [2.75, 3.05) is 17.9 Å². The first-order chi connectivity index (χ1) is 12.1. The molecule has 2 aromatic rings. The van der Waals surface area contributed by atoms with Crippen LogP contribution in [0.1, 0.15) is 24.2 Å². The molecule has 0 heterocycles. The first-order valence-electron chi connectivity index (χ1n) is 7.95. The lowest BCUT2D eigenvalue weighted by molar-refractivity contribution is 0.0949. The normalized spacial score (nSPS) is 11.5. The number of carbonyl (C=O) groups is 1. The van der Waals surface area contributed by atoms with Crippen LogP contribution in [0.15, 0.2) is 47.4 Å². The third-order valence-corrected chi connectivity index (χ3v) is 5.81. The molecule has 0 aliphatic rings. The highest BCUT2D eigenvalue weighted by molar-refractivity contribution is 7.92. The largest absolute Gasteiger partial charge is 0.352 e. The van der Waals surface area contributed by atoms with Gasteiger partial charge in [0.05, 0.1) is 21.2 Å². The summed E-state index contributed by atoms with van der Waals surface area (Å²) in [6.07, 6.45) is 0. The Kier molecular flexibility index (Phi) is 6.26. The topological polar surface area (TPSA) is 66.5 Å². The minimum atomic E-state index is -3.94. The standard InChI is InChI=1S/C18H20ClFN2O3S/c1-12(2)11-21-18(23)16-10-15(8-9-17(16)19)26(24,25)22(3)14-6-4-13(20)5-7-14/h4-10,12H,11H2,1-3H3,(H,21,23). The third kappa shape index (κ3) is 4.53. The Balaban J connectivity index is 2.36. The van der Waals surface area contributed by atoms with Crippen molar-refractivity contribution in [1.82, 2.24) is 5.32 Å². The number of halogens is 2. The van der Waals surface area contributed by atoms with Crippen LogP contribution >= 0.6 is 11.6 Å². The second kappa shape index (κ2) is 8.05. The Morgan fingerprint density at radius 1 is 1.19 bits per heavy atom. The van der Waals surface area contributed by atoms with Gasteiger partial charge >= 0.3 is 0 Å². The van der Waals surface area contributed by atoms with Crippen LogP contribution in [0.5, 0.6) is 0 Å². The lowest BCUT2D eigenvalue weighted by Crippen LogP contribution is -2.29. The van der Waals surface area contributed by atoms with Gasteiger partial charge < -0.3 is 5.32 Å². The molecule has 0 saturated carbocycles. The second-order valence-corrected chi connectivity index (χ2v) is 8.57. The predicted octanol–water partition coefficient (Wildman–Crippen LogP) is 3.69. The Labute approximate surface area is 157 Å². The van der Waals surface area contributed by atoms with Crippen molar-refractivity contribution in [2.24, 2.45) is 5.92 Å². The maximum atomic E-state index is 13.1. The number of benzene rings is 2. The van der Waals surface area contributed by atoms with E-state index in [-0.39, 0.29) is 21.4 Å². The van der Waals surface area contributed by atoms with E-state index in [4.69, 9.17) is 11.6 Å². The fourth-order valence-electron chi connectivity index (χ4n) is 2.18. The first kappa shape index (κ1) is 20.2. The monoisotopic (exact) mass is 398 g/mol. The number of rotatable bonds is 6. The zero-order chi connectivity index (χ0) is 19.5. The van der Waals surface area contributed by atoms with Crippen LogP contribution in [0.4, 0.5) is 10.1 Å². The van der Waals surface area contributed by atoms with Gasteiger partial charge in [-0.3, -0.25) is 9.10 Å². The summed E-state index contributed by atoms with van der Waals surface area (Å²) in [5.74, 6) is -0.658.